The lowest BCUT2D eigenvalue weighted by Gasteiger charge is -2.03. The van der Waals surface area contributed by atoms with Gasteiger partial charge in [-0.3, -0.25) is 0 Å². The Morgan fingerprint density at radius 3 is 2.40 bits per heavy atom. The molecule has 0 aromatic carbocycles. The minimum absolute atomic E-state index is 0.245. The van der Waals surface area contributed by atoms with Gasteiger partial charge in [0.05, 0.1) is 6.26 Å². The van der Waals surface area contributed by atoms with Gasteiger partial charge < -0.3 is 0 Å². The molecule has 0 fully saturated rings. The highest BCUT2D eigenvalue weighted by Gasteiger charge is 1.99. The van der Waals surface area contributed by atoms with Crippen molar-refractivity contribution in [1.29, 1.82) is 0 Å². The molecule has 62 valence electrons. The van der Waals surface area contributed by atoms with E-state index in [0.29, 0.717) is 6.54 Å². The normalized spacial score (nSPS) is 15.1. The van der Waals surface area contributed by atoms with Crippen molar-refractivity contribution in [2.24, 2.45) is 0 Å². The van der Waals surface area contributed by atoms with E-state index in [-0.39, 0.29) is 5.25 Å². The summed E-state index contributed by atoms with van der Waals surface area (Å²) >= 11 is 4.09. The maximum atomic E-state index is 10.5. The van der Waals surface area contributed by atoms with Gasteiger partial charge in [0.25, 0.3) is 0 Å². The first-order valence-corrected chi connectivity index (χ1v) is 5.45. The molecule has 0 spiro atoms. The standard InChI is InChI=1S/C5H13NO2S2/c1-5(9)3-4-6-10(2,7)8/h5-6,9H,3-4H2,1-2H3. The highest BCUT2D eigenvalue weighted by molar-refractivity contribution is 7.88. The molecule has 0 aliphatic carbocycles. The molecule has 10 heavy (non-hydrogen) atoms. The smallest absolute Gasteiger partial charge is 0.208 e. The second-order valence-corrected chi connectivity index (χ2v) is 5.02. The topological polar surface area (TPSA) is 46.2 Å². The Balaban J connectivity index is 3.39. The fourth-order valence-corrected chi connectivity index (χ4v) is 1.07. The van der Waals surface area contributed by atoms with Crippen molar-refractivity contribution in [3.63, 3.8) is 0 Å². The van der Waals surface area contributed by atoms with Crippen LogP contribution in [0.2, 0.25) is 0 Å². The van der Waals surface area contributed by atoms with Gasteiger partial charge in [-0.25, -0.2) is 13.1 Å². The predicted octanol–water partition coefficient (Wildman–Crippen LogP) is 0.244. The van der Waals surface area contributed by atoms with Crippen molar-refractivity contribution in [3.05, 3.63) is 0 Å². The second kappa shape index (κ2) is 4.20. The van der Waals surface area contributed by atoms with Gasteiger partial charge in [0.1, 0.15) is 0 Å². The molecule has 0 aliphatic heterocycles. The van der Waals surface area contributed by atoms with E-state index in [1.54, 1.807) is 0 Å². The zero-order valence-corrected chi connectivity index (χ0v) is 7.87. The molecular formula is C5H13NO2S2. The third kappa shape index (κ3) is 8.26. The van der Waals surface area contributed by atoms with Crippen LogP contribution in [0.15, 0.2) is 0 Å². The molecule has 0 aromatic heterocycles. The summed E-state index contributed by atoms with van der Waals surface area (Å²) in [6.07, 6.45) is 1.91. The quantitative estimate of drug-likeness (QED) is 0.613. The summed E-state index contributed by atoms with van der Waals surface area (Å²) in [7, 11) is -3.00. The summed E-state index contributed by atoms with van der Waals surface area (Å²) in [4.78, 5) is 0. The van der Waals surface area contributed by atoms with Crippen molar-refractivity contribution < 1.29 is 8.42 Å². The van der Waals surface area contributed by atoms with E-state index in [4.69, 9.17) is 0 Å². The largest absolute Gasteiger partial charge is 0.215 e. The van der Waals surface area contributed by atoms with E-state index < -0.39 is 10.0 Å². The first-order valence-electron chi connectivity index (χ1n) is 3.04. The van der Waals surface area contributed by atoms with E-state index in [1.807, 2.05) is 6.92 Å². The third-order valence-electron chi connectivity index (χ3n) is 0.926. The molecule has 1 atom stereocenters. The van der Waals surface area contributed by atoms with Crippen molar-refractivity contribution >= 4 is 22.7 Å². The summed E-state index contributed by atoms with van der Waals surface area (Å²) in [5.74, 6) is 0. The molecule has 0 bridgehead atoms. The summed E-state index contributed by atoms with van der Waals surface area (Å²) in [5, 5.41) is 0.245. The van der Waals surface area contributed by atoms with Crippen molar-refractivity contribution in [1.82, 2.24) is 4.72 Å². The molecule has 5 heteroatoms. The van der Waals surface area contributed by atoms with Crippen LogP contribution in [0.5, 0.6) is 0 Å². The fourth-order valence-electron chi connectivity index (χ4n) is 0.453. The van der Waals surface area contributed by atoms with Crippen molar-refractivity contribution in [2.75, 3.05) is 12.8 Å². The van der Waals surface area contributed by atoms with Crippen molar-refractivity contribution in [3.8, 4) is 0 Å². The Morgan fingerprint density at radius 2 is 2.10 bits per heavy atom. The van der Waals surface area contributed by atoms with Gasteiger partial charge in [0.15, 0.2) is 0 Å². The fraction of sp³-hybridized carbons (Fsp3) is 1.00. The lowest BCUT2D eigenvalue weighted by atomic mass is 10.3. The molecule has 0 saturated heterocycles. The molecule has 0 radical (unpaired) electrons. The van der Waals surface area contributed by atoms with Crippen LogP contribution < -0.4 is 4.72 Å². The van der Waals surface area contributed by atoms with Gasteiger partial charge in [0.2, 0.25) is 10.0 Å². The van der Waals surface area contributed by atoms with Crippen LogP contribution in [0.3, 0.4) is 0 Å². The number of sulfonamides is 1. The molecule has 0 amide bonds. The van der Waals surface area contributed by atoms with Gasteiger partial charge in [-0.15, -0.1) is 0 Å². The summed E-state index contributed by atoms with van der Waals surface area (Å²) in [5.41, 5.74) is 0. The van der Waals surface area contributed by atoms with E-state index in [2.05, 4.69) is 17.4 Å². The van der Waals surface area contributed by atoms with E-state index >= 15 is 0 Å². The van der Waals surface area contributed by atoms with Crippen LogP contribution in [0.25, 0.3) is 0 Å². The molecule has 0 aliphatic rings. The molecule has 0 saturated carbocycles. The summed E-state index contributed by atoms with van der Waals surface area (Å²) < 4.78 is 23.3. The maximum absolute atomic E-state index is 10.5. The van der Waals surface area contributed by atoms with Crippen LogP contribution in [0.1, 0.15) is 13.3 Å². The summed E-state index contributed by atoms with van der Waals surface area (Å²) in [6, 6.07) is 0. The van der Waals surface area contributed by atoms with Crippen LogP contribution in [-0.4, -0.2) is 26.5 Å². The van der Waals surface area contributed by atoms with Crippen LogP contribution in [0.4, 0.5) is 0 Å². The third-order valence-corrected chi connectivity index (χ3v) is 1.91. The molecule has 0 rings (SSSR count). The van der Waals surface area contributed by atoms with E-state index in [0.717, 1.165) is 12.7 Å². The van der Waals surface area contributed by atoms with Crippen LogP contribution >= 0.6 is 12.6 Å². The monoisotopic (exact) mass is 183 g/mol. The Labute approximate surface area is 67.7 Å². The first-order chi connectivity index (χ1) is 4.42. The maximum Gasteiger partial charge on any atom is 0.208 e. The summed E-state index contributed by atoms with van der Waals surface area (Å²) in [6.45, 7) is 2.40. The zero-order chi connectivity index (χ0) is 8.20. The van der Waals surface area contributed by atoms with Crippen molar-refractivity contribution in [2.45, 2.75) is 18.6 Å². The lowest BCUT2D eigenvalue weighted by molar-refractivity contribution is 0.585. The molecule has 0 aromatic rings. The van der Waals surface area contributed by atoms with E-state index in [9.17, 15) is 8.42 Å². The first kappa shape index (κ1) is 10.3. The average molecular weight is 183 g/mol. The Bertz CT molecular complexity index is 174. The van der Waals surface area contributed by atoms with Crippen LogP contribution in [0, 0.1) is 0 Å². The molecule has 0 heterocycles. The predicted molar refractivity (Wildman–Crippen MR) is 45.9 cm³/mol. The highest BCUT2D eigenvalue weighted by Crippen LogP contribution is 1.96. The van der Waals surface area contributed by atoms with Gasteiger partial charge in [-0.1, -0.05) is 6.92 Å². The van der Waals surface area contributed by atoms with Gasteiger partial charge >= 0.3 is 0 Å². The van der Waals surface area contributed by atoms with Gasteiger partial charge in [0, 0.05) is 11.8 Å². The second-order valence-electron chi connectivity index (χ2n) is 2.30. The molecule has 1 N–H and O–H groups in total. The van der Waals surface area contributed by atoms with Crippen LogP contribution in [-0.2, 0) is 10.0 Å². The Hall–Kier alpha value is 0.260. The minimum Gasteiger partial charge on any atom is -0.215 e. The minimum atomic E-state index is -3.00. The number of nitrogens with one attached hydrogen (secondary N) is 1. The number of thiol groups is 1. The Morgan fingerprint density at radius 1 is 1.60 bits per heavy atom. The van der Waals surface area contributed by atoms with E-state index in [1.165, 1.54) is 0 Å². The highest BCUT2D eigenvalue weighted by atomic mass is 32.2. The molecule has 3 nitrogen and oxygen atoms in total. The molecule has 1 unspecified atom stereocenters. The van der Waals surface area contributed by atoms with Gasteiger partial charge in [-0.05, 0) is 6.42 Å². The zero-order valence-electron chi connectivity index (χ0n) is 6.16. The molecular weight excluding hydrogens is 170 g/mol. The number of hydrogen-bond donors (Lipinski definition) is 2. The average Bonchev–Trinajstić information content (AvgIpc) is 1.59. The SMILES string of the molecule is CC(S)CCNS(C)(=O)=O. The number of hydrogen-bond acceptors (Lipinski definition) is 3. The number of rotatable bonds is 4. The Kier molecular flexibility index (Phi) is 4.31. The lowest BCUT2D eigenvalue weighted by Crippen LogP contribution is -2.24. The van der Waals surface area contributed by atoms with Gasteiger partial charge in [-0.2, -0.15) is 12.6 Å².